The molecule has 2 heterocycles. The Bertz CT molecular complexity index is 1080. The Kier molecular flexibility index (Phi) is 6.10. The van der Waals surface area contributed by atoms with Gasteiger partial charge in [-0.15, -0.1) is 0 Å². The summed E-state index contributed by atoms with van der Waals surface area (Å²) in [4.78, 5) is 30.0. The summed E-state index contributed by atoms with van der Waals surface area (Å²) in [5, 5.41) is 12.1. The smallest absolute Gasteiger partial charge is 0.326 e. The minimum absolute atomic E-state index is 0.140. The maximum atomic E-state index is 13.6. The molecule has 32 heavy (non-hydrogen) atoms. The van der Waals surface area contributed by atoms with Crippen LogP contribution in [-0.4, -0.2) is 50.3 Å². The zero-order chi connectivity index (χ0) is 22.7. The first-order valence-corrected chi connectivity index (χ1v) is 10.4. The lowest BCUT2D eigenvalue weighted by Crippen LogP contribution is -2.51. The van der Waals surface area contributed by atoms with Gasteiger partial charge in [0.15, 0.2) is 0 Å². The van der Waals surface area contributed by atoms with Gasteiger partial charge in [-0.1, -0.05) is 12.1 Å². The monoisotopic (exact) mass is 432 g/mol. The van der Waals surface area contributed by atoms with E-state index in [9.17, 15) is 9.59 Å². The number of carbonyl (C=O) groups is 2. The Balaban J connectivity index is 1.79. The summed E-state index contributed by atoms with van der Waals surface area (Å²) in [6.07, 6.45) is 0. The molecule has 1 atom stereocenters. The summed E-state index contributed by atoms with van der Waals surface area (Å²) in [5.41, 5.74) is 2.93. The van der Waals surface area contributed by atoms with E-state index in [1.807, 2.05) is 0 Å². The number of anilines is 1. The fraction of sp³-hybridized carbons (Fsp3) is 0.292. The Morgan fingerprint density at radius 2 is 1.78 bits per heavy atom. The topological polar surface area (TPSA) is 94.9 Å². The predicted octanol–water partition coefficient (Wildman–Crippen LogP) is 2.97. The average Bonchev–Trinajstić information content (AvgIpc) is 2.84. The third-order valence-electron chi connectivity index (χ3n) is 5.72. The minimum atomic E-state index is -0.625. The Hall–Kier alpha value is -3.83. The molecular formula is C24H24N4O4. The molecule has 0 spiro atoms. The number of hydrogen-bond donors (Lipinski definition) is 1. The summed E-state index contributed by atoms with van der Waals surface area (Å²) >= 11 is 0. The molecule has 1 saturated heterocycles. The van der Waals surface area contributed by atoms with E-state index in [0.29, 0.717) is 54.6 Å². The molecule has 2 aliphatic rings. The van der Waals surface area contributed by atoms with Gasteiger partial charge in [-0.2, -0.15) is 5.26 Å². The highest BCUT2D eigenvalue weighted by Crippen LogP contribution is 2.35. The number of allylic oxidation sites excluding steroid dienone is 1. The molecule has 4 rings (SSSR count). The highest BCUT2D eigenvalue weighted by Gasteiger charge is 2.38. The molecule has 1 fully saturated rings. The summed E-state index contributed by atoms with van der Waals surface area (Å²) in [7, 11) is 1.58. The van der Waals surface area contributed by atoms with Crippen molar-refractivity contribution >= 4 is 17.6 Å². The first-order valence-electron chi connectivity index (χ1n) is 10.4. The number of hydrogen-bond acceptors (Lipinski definition) is 5. The van der Waals surface area contributed by atoms with Crippen molar-refractivity contribution in [2.24, 2.45) is 0 Å². The van der Waals surface area contributed by atoms with Crippen molar-refractivity contribution in [3.63, 3.8) is 0 Å². The quantitative estimate of drug-likeness (QED) is 0.802. The first-order chi connectivity index (χ1) is 15.5. The van der Waals surface area contributed by atoms with Crippen molar-refractivity contribution in [3.05, 3.63) is 70.9 Å². The van der Waals surface area contributed by atoms with Crippen molar-refractivity contribution in [1.29, 1.82) is 5.26 Å². The largest absolute Gasteiger partial charge is 0.497 e. The second kappa shape index (κ2) is 9.12. The molecule has 0 unspecified atom stereocenters. The van der Waals surface area contributed by atoms with Crippen molar-refractivity contribution in [2.45, 2.75) is 13.0 Å². The van der Waals surface area contributed by atoms with Crippen LogP contribution in [0.3, 0.4) is 0 Å². The second-order valence-electron chi connectivity index (χ2n) is 7.55. The van der Waals surface area contributed by atoms with Crippen molar-refractivity contribution < 1.29 is 19.1 Å². The van der Waals surface area contributed by atoms with Gasteiger partial charge in [0.2, 0.25) is 0 Å². The van der Waals surface area contributed by atoms with E-state index in [1.54, 1.807) is 67.5 Å². The maximum absolute atomic E-state index is 13.6. The van der Waals surface area contributed by atoms with Gasteiger partial charge in [-0.3, -0.25) is 9.69 Å². The highest BCUT2D eigenvalue weighted by molar-refractivity contribution is 6.04. The van der Waals surface area contributed by atoms with Gasteiger partial charge >= 0.3 is 6.03 Å². The third kappa shape index (κ3) is 4.03. The summed E-state index contributed by atoms with van der Waals surface area (Å²) in [6, 6.07) is 15.1. The Morgan fingerprint density at radius 3 is 2.38 bits per heavy atom. The summed E-state index contributed by atoms with van der Waals surface area (Å²) < 4.78 is 10.6. The van der Waals surface area contributed by atoms with E-state index >= 15 is 0 Å². The van der Waals surface area contributed by atoms with Gasteiger partial charge in [-0.25, -0.2) is 4.79 Å². The van der Waals surface area contributed by atoms with E-state index < -0.39 is 6.04 Å². The number of benzene rings is 2. The standard InChI is InChI=1S/C24H24N4O4/c1-16-21(23(29)27-11-13-32-14-12-27)22(18-5-3-17(15-25)4-6-18)26-24(30)28(16)19-7-9-20(31-2)10-8-19/h3-10,22H,11-14H2,1-2H3,(H,26,30)/t22-/m1/s1. The lowest BCUT2D eigenvalue weighted by molar-refractivity contribution is -0.131. The summed E-state index contributed by atoms with van der Waals surface area (Å²) in [5.74, 6) is 0.534. The van der Waals surface area contributed by atoms with Gasteiger partial charge < -0.3 is 19.7 Å². The molecule has 8 nitrogen and oxygen atoms in total. The van der Waals surface area contributed by atoms with Crippen LogP contribution >= 0.6 is 0 Å². The molecule has 2 aromatic rings. The number of nitrogens with one attached hydrogen (secondary N) is 1. The van der Waals surface area contributed by atoms with Gasteiger partial charge in [-0.05, 0) is 48.9 Å². The number of nitriles is 1. The van der Waals surface area contributed by atoms with Crippen molar-refractivity contribution in [2.75, 3.05) is 38.3 Å². The van der Waals surface area contributed by atoms with Crippen LogP contribution in [0.4, 0.5) is 10.5 Å². The van der Waals surface area contributed by atoms with E-state index in [0.717, 1.165) is 5.56 Å². The number of methoxy groups -OCH3 is 1. The Morgan fingerprint density at radius 1 is 1.12 bits per heavy atom. The molecular weight excluding hydrogens is 408 g/mol. The normalized spacial score (nSPS) is 18.8. The molecule has 0 radical (unpaired) electrons. The number of nitrogens with zero attached hydrogens (tertiary/aromatic N) is 3. The zero-order valence-corrected chi connectivity index (χ0v) is 18.0. The van der Waals surface area contributed by atoms with Crippen LogP contribution in [0.5, 0.6) is 5.75 Å². The van der Waals surface area contributed by atoms with Crippen LogP contribution < -0.4 is 15.0 Å². The number of amides is 3. The van der Waals surface area contributed by atoms with Gasteiger partial charge in [0.25, 0.3) is 5.91 Å². The number of urea groups is 1. The average molecular weight is 432 g/mol. The minimum Gasteiger partial charge on any atom is -0.497 e. The molecule has 164 valence electrons. The SMILES string of the molecule is COc1ccc(N2C(=O)N[C@H](c3ccc(C#N)cc3)C(C(=O)N3CCOCC3)=C2C)cc1. The van der Waals surface area contributed by atoms with E-state index in [1.165, 1.54) is 4.90 Å². The lowest BCUT2D eigenvalue weighted by Gasteiger charge is -2.38. The summed E-state index contributed by atoms with van der Waals surface area (Å²) in [6.45, 7) is 3.73. The van der Waals surface area contributed by atoms with Gasteiger partial charge in [0, 0.05) is 18.8 Å². The van der Waals surface area contributed by atoms with Crippen LogP contribution in [0, 0.1) is 11.3 Å². The van der Waals surface area contributed by atoms with Gasteiger partial charge in [0.1, 0.15) is 5.75 Å². The van der Waals surface area contributed by atoms with Crippen LogP contribution in [0.25, 0.3) is 0 Å². The van der Waals surface area contributed by atoms with Crippen molar-refractivity contribution in [3.8, 4) is 11.8 Å². The number of carbonyl (C=O) groups excluding carboxylic acids is 2. The lowest BCUT2D eigenvalue weighted by atomic mass is 9.93. The zero-order valence-electron chi connectivity index (χ0n) is 18.0. The molecule has 0 bridgehead atoms. The molecule has 8 heteroatoms. The van der Waals surface area contributed by atoms with Crippen LogP contribution in [0.2, 0.25) is 0 Å². The van der Waals surface area contributed by atoms with E-state index in [4.69, 9.17) is 14.7 Å². The molecule has 1 N–H and O–H groups in total. The molecule has 0 saturated carbocycles. The second-order valence-corrected chi connectivity index (χ2v) is 7.55. The fourth-order valence-corrected chi connectivity index (χ4v) is 4.00. The van der Waals surface area contributed by atoms with E-state index in [-0.39, 0.29) is 11.9 Å². The Labute approximate surface area is 186 Å². The maximum Gasteiger partial charge on any atom is 0.326 e. The number of rotatable bonds is 4. The molecule has 0 aliphatic carbocycles. The third-order valence-corrected chi connectivity index (χ3v) is 5.72. The number of ether oxygens (including phenoxy) is 2. The first kappa shape index (κ1) is 21.4. The molecule has 0 aromatic heterocycles. The van der Waals surface area contributed by atoms with Crippen LogP contribution in [0.15, 0.2) is 59.8 Å². The van der Waals surface area contributed by atoms with Crippen molar-refractivity contribution in [1.82, 2.24) is 10.2 Å². The van der Waals surface area contributed by atoms with Crippen LogP contribution in [0.1, 0.15) is 24.1 Å². The molecule has 3 amide bonds. The predicted molar refractivity (Wildman–Crippen MR) is 118 cm³/mol. The van der Waals surface area contributed by atoms with Crippen LogP contribution in [-0.2, 0) is 9.53 Å². The molecule has 2 aromatic carbocycles. The highest BCUT2D eigenvalue weighted by atomic mass is 16.5. The number of morpholine rings is 1. The molecule has 2 aliphatic heterocycles. The van der Waals surface area contributed by atoms with E-state index in [2.05, 4.69) is 11.4 Å². The fourth-order valence-electron chi connectivity index (χ4n) is 4.00. The van der Waals surface area contributed by atoms with Gasteiger partial charge in [0.05, 0.1) is 49.3 Å².